The molecule has 0 N–H and O–H groups in total. The Kier molecular flexibility index (Phi) is 4.81. The van der Waals surface area contributed by atoms with Crippen LogP contribution in [0.15, 0.2) is 12.3 Å². The lowest BCUT2D eigenvalue weighted by molar-refractivity contribution is 0.293. The monoisotopic (exact) mass is 242 g/mol. The van der Waals surface area contributed by atoms with E-state index < -0.39 is 9.84 Å². The summed E-state index contributed by atoms with van der Waals surface area (Å²) in [4.78, 5) is 2.00. The highest BCUT2D eigenvalue weighted by atomic mass is 32.2. The average molecular weight is 242 g/mol. The third-order valence-corrected chi connectivity index (χ3v) is 4.54. The molecule has 4 nitrogen and oxygen atoms in total. The molecule has 1 aliphatic heterocycles. The summed E-state index contributed by atoms with van der Waals surface area (Å²) in [5, 5.41) is 8.50. The third-order valence-electron chi connectivity index (χ3n) is 2.79. The molecule has 90 valence electrons. The lowest BCUT2D eigenvalue weighted by Gasteiger charge is -2.26. The van der Waals surface area contributed by atoms with Gasteiger partial charge in [0.1, 0.15) is 0 Å². The smallest absolute Gasteiger partial charge is 0.152 e. The van der Waals surface area contributed by atoms with E-state index >= 15 is 0 Å². The lowest BCUT2D eigenvalue weighted by atomic mass is 10.2. The summed E-state index contributed by atoms with van der Waals surface area (Å²) < 4.78 is 22.8. The van der Waals surface area contributed by atoms with Gasteiger partial charge >= 0.3 is 0 Å². The van der Waals surface area contributed by atoms with Crippen LogP contribution >= 0.6 is 0 Å². The maximum Gasteiger partial charge on any atom is 0.152 e. The van der Waals surface area contributed by atoms with Crippen molar-refractivity contribution < 1.29 is 8.42 Å². The number of hydrogen-bond acceptors (Lipinski definition) is 4. The molecule has 1 saturated heterocycles. The average Bonchev–Trinajstić information content (AvgIpc) is 2.59. The number of allylic oxidation sites excluding steroid dienone is 1. The van der Waals surface area contributed by atoms with Gasteiger partial charge in [0.15, 0.2) is 9.84 Å². The predicted molar refractivity (Wildman–Crippen MR) is 63.4 cm³/mol. The molecule has 0 radical (unpaired) electrons. The number of unbranched alkanes of at least 4 members (excludes halogenated alkanes) is 1. The number of rotatable bonds is 5. The fraction of sp³-hybridized carbons (Fsp3) is 0.727. The molecule has 16 heavy (non-hydrogen) atoms. The Morgan fingerprint density at radius 3 is 2.81 bits per heavy atom. The van der Waals surface area contributed by atoms with Crippen LogP contribution in [0, 0.1) is 11.3 Å². The molecule has 0 saturated carbocycles. The fourth-order valence-corrected chi connectivity index (χ4v) is 3.63. The Bertz CT molecular complexity index is 381. The molecule has 0 spiro atoms. The molecule has 0 aromatic rings. The summed E-state index contributed by atoms with van der Waals surface area (Å²) >= 11 is 0. The molecule has 5 heteroatoms. The molecule has 0 amide bonds. The maximum absolute atomic E-state index is 11.4. The van der Waals surface area contributed by atoms with Gasteiger partial charge in [0.2, 0.25) is 0 Å². The zero-order chi connectivity index (χ0) is 12.0. The number of nitriles is 1. The minimum atomic E-state index is -2.85. The van der Waals surface area contributed by atoms with Crippen molar-refractivity contribution in [3.63, 3.8) is 0 Å². The quantitative estimate of drug-likeness (QED) is 0.682. The second-order valence-electron chi connectivity index (χ2n) is 4.09. The SMILES string of the molecule is CCCCN(/C=C/C#N)[C@@H]1CCS(=O)(=O)C1. The first-order valence-corrected chi connectivity index (χ1v) is 7.43. The summed E-state index contributed by atoms with van der Waals surface area (Å²) in [6.45, 7) is 2.92. The minimum absolute atomic E-state index is 0.0566. The fourth-order valence-electron chi connectivity index (χ4n) is 1.89. The molecular formula is C11H18N2O2S. The van der Waals surface area contributed by atoms with Gasteiger partial charge in [-0.1, -0.05) is 13.3 Å². The van der Waals surface area contributed by atoms with Crippen molar-refractivity contribution in [2.45, 2.75) is 32.2 Å². The van der Waals surface area contributed by atoms with Crippen molar-refractivity contribution in [2.24, 2.45) is 0 Å². The topological polar surface area (TPSA) is 61.2 Å². The van der Waals surface area contributed by atoms with Gasteiger partial charge in [0, 0.05) is 24.9 Å². The van der Waals surface area contributed by atoms with E-state index in [1.54, 1.807) is 6.20 Å². The summed E-state index contributed by atoms with van der Waals surface area (Å²) in [5.74, 6) is 0.507. The van der Waals surface area contributed by atoms with Crippen LogP contribution in [0.3, 0.4) is 0 Å². The first-order valence-electron chi connectivity index (χ1n) is 5.61. The van der Waals surface area contributed by atoms with Gasteiger partial charge in [-0.15, -0.1) is 0 Å². The van der Waals surface area contributed by atoms with Gasteiger partial charge < -0.3 is 4.90 Å². The zero-order valence-corrected chi connectivity index (χ0v) is 10.4. The molecule has 1 fully saturated rings. The van der Waals surface area contributed by atoms with Crippen molar-refractivity contribution >= 4 is 9.84 Å². The molecular weight excluding hydrogens is 224 g/mol. The highest BCUT2D eigenvalue weighted by Gasteiger charge is 2.30. The number of sulfone groups is 1. The van der Waals surface area contributed by atoms with Crippen LogP contribution in [0.4, 0.5) is 0 Å². The normalized spacial score (nSPS) is 23.4. The van der Waals surface area contributed by atoms with Crippen LogP contribution < -0.4 is 0 Å². The molecule has 0 aromatic carbocycles. The van der Waals surface area contributed by atoms with E-state index in [9.17, 15) is 8.42 Å². The van der Waals surface area contributed by atoms with Gasteiger partial charge in [0.25, 0.3) is 0 Å². The van der Waals surface area contributed by atoms with Crippen molar-refractivity contribution in [3.8, 4) is 6.07 Å². The second kappa shape index (κ2) is 5.90. The highest BCUT2D eigenvalue weighted by Crippen LogP contribution is 2.18. The second-order valence-corrected chi connectivity index (χ2v) is 6.32. The standard InChI is InChI=1S/C11H18N2O2S/c1-2-3-7-13(8-4-6-12)11-5-9-16(14,15)10-11/h4,8,11H,2-3,5,7,9-10H2,1H3/b8-4+/t11-/m1/s1. The third kappa shape index (κ3) is 3.86. The van der Waals surface area contributed by atoms with E-state index in [4.69, 9.17) is 5.26 Å². The molecule has 1 heterocycles. The molecule has 0 aliphatic carbocycles. The summed E-state index contributed by atoms with van der Waals surface area (Å²) in [6.07, 6.45) is 5.91. The van der Waals surface area contributed by atoms with Gasteiger partial charge in [-0.2, -0.15) is 5.26 Å². The van der Waals surface area contributed by atoms with Crippen LogP contribution in [0.2, 0.25) is 0 Å². The van der Waals surface area contributed by atoms with Gasteiger partial charge in [0.05, 0.1) is 17.6 Å². The van der Waals surface area contributed by atoms with E-state index in [1.165, 1.54) is 6.08 Å². The summed E-state index contributed by atoms with van der Waals surface area (Å²) in [5.41, 5.74) is 0. The minimum Gasteiger partial charge on any atom is -0.373 e. The van der Waals surface area contributed by atoms with E-state index in [2.05, 4.69) is 6.92 Å². The van der Waals surface area contributed by atoms with Crippen LogP contribution in [0.25, 0.3) is 0 Å². The molecule has 0 aromatic heterocycles. The Balaban J connectivity index is 2.63. The van der Waals surface area contributed by atoms with Gasteiger partial charge in [-0.3, -0.25) is 0 Å². The Hall–Kier alpha value is -1.02. The summed E-state index contributed by atoms with van der Waals surface area (Å²) in [7, 11) is -2.85. The lowest BCUT2D eigenvalue weighted by Crippen LogP contribution is -2.32. The zero-order valence-electron chi connectivity index (χ0n) is 9.59. The number of hydrogen-bond donors (Lipinski definition) is 0. The van der Waals surface area contributed by atoms with Crippen molar-refractivity contribution in [1.82, 2.24) is 4.90 Å². The van der Waals surface area contributed by atoms with Crippen LogP contribution in [0.5, 0.6) is 0 Å². The largest absolute Gasteiger partial charge is 0.373 e. The molecule has 0 unspecified atom stereocenters. The van der Waals surface area contributed by atoms with Gasteiger partial charge in [-0.05, 0) is 12.8 Å². The first kappa shape index (κ1) is 13.0. The van der Waals surface area contributed by atoms with Crippen LogP contribution in [-0.2, 0) is 9.84 Å². The van der Waals surface area contributed by atoms with E-state index in [0.717, 1.165) is 19.4 Å². The van der Waals surface area contributed by atoms with E-state index in [-0.39, 0.29) is 17.5 Å². The summed E-state index contributed by atoms with van der Waals surface area (Å²) in [6, 6.07) is 2.00. The van der Waals surface area contributed by atoms with Crippen molar-refractivity contribution in [2.75, 3.05) is 18.1 Å². The van der Waals surface area contributed by atoms with Crippen molar-refractivity contribution in [1.29, 1.82) is 5.26 Å². The molecule has 1 atom stereocenters. The van der Waals surface area contributed by atoms with Crippen LogP contribution in [-0.4, -0.2) is 37.4 Å². The Morgan fingerprint density at radius 1 is 1.56 bits per heavy atom. The first-order chi connectivity index (χ1) is 7.59. The Morgan fingerprint density at radius 2 is 2.31 bits per heavy atom. The maximum atomic E-state index is 11.4. The highest BCUT2D eigenvalue weighted by molar-refractivity contribution is 7.91. The van der Waals surface area contributed by atoms with E-state index in [1.807, 2.05) is 11.0 Å². The molecule has 0 bridgehead atoms. The predicted octanol–water partition coefficient (Wildman–Crippen LogP) is 1.31. The van der Waals surface area contributed by atoms with Crippen LogP contribution in [0.1, 0.15) is 26.2 Å². The Labute approximate surface area is 97.5 Å². The van der Waals surface area contributed by atoms with Crippen molar-refractivity contribution in [3.05, 3.63) is 12.3 Å². The molecule has 1 aliphatic rings. The van der Waals surface area contributed by atoms with E-state index in [0.29, 0.717) is 6.42 Å². The number of nitrogens with zero attached hydrogens (tertiary/aromatic N) is 2. The molecule has 1 rings (SSSR count). The van der Waals surface area contributed by atoms with Gasteiger partial charge in [-0.25, -0.2) is 8.42 Å².